The third-order valence-corrected chi connectivity index (χ3v) is 5.05. The van der Waals surface area contributed by atoms with Crippen molar-refractivity contribution >= 4 is 33.3 Å². The number of benzene rings is 1. The zero-order valence-electron chi connectivity index (χ0n) is 13.1. The minimum Gasteiger partial charge on any atom is -0.458 e. The van der Waals surface area contributed by atoms with E-state index in [1.807, 2.05) is 0 Å². The highest BCUT2D eigenvalue weighted by Gasteiger charge is 2.27. The van der Waals surface area contributed by atoms with Crippen molar-refractivity contribution in [3.8, 4) is 0 Å². The number of ether oxygens (including phenoxy) is 1. The highest BCUT2D eigenvalue weighted by molar-refractivity contribution is 7.90. The number of carbonyl (C=O) groups excluding carboxylic acids is 1. The van der Waals surface area contributed by atoms with Crippen LogP contribution < -0.4 is 5.73 Å². The first-order valence-electron chi connectivity index (χ1n) is 7.00. The Morgan fingerprint density at radius 2 is 2.04 bits per heavy atom. The van der Waals surface area contributed by atoms with Crippen LogP contribution in [0, 0.1) is 0 Å². The van der Waals surface area contributed by atoms with Crippen molar-refractivity contribution in [3.63, 3.8) is 0 Å². The molecule has 0 saturated heterocycles. The van der Waals surface area contributed by atoms with Gasteiger partial charge in [-0.3, -0.25) is 0 Å². The first kappa shape index (κ1) is 18.3. The van der Waals surface area contributed by atoms with Crippen molar-refractivity contribution in [1.29, 1.82) is 0 Å². The molecule has 0 amide bonds. The van der Waals surface area contributed by atoms with Crippen LogP contribution in [0.3, 0.4) is 0 Å². The summed E-state index contributed by atoms with van der Waals surface area (Å²) in [5, 5.41) is 9.45. The van der Waals surface area contributed by atoms with E-state index in [0.29, 0.717) is 0 Å². The molecular weight excluding hydrogens is 356 g/mol. The minimum atomic E-state index is -4.20. The van der Waals surface area contributed by atoms with Crippen LogP contribution in [0.2, 0.25) is 5.02 Å². The monoisotopic (exact) mass is 372 g/mol. The first-order chi connectivity index (χ1) is 11.2. The van der Waals surface area contributed by atoms with Gasteiger partial charge in [0.2, 0.25) is 0 Å². The van der Waals surface area contributed by atoms with Crippen LogP contribution in [0.4, 0.5) is 5.69 Å². The molecule has 0 aliphatic rings. The minimum absolute atomic E-state index is 0.0122. The largest absolute Gasteiger partial charge is 0.458 e. The first-order valence-corrected chi connectivity index (χ1v) is 8.82. The second kappa shape index (κ2) is 6.84. The van der Waals surface area contributed by atoms with Crippen LogP contribution in [-0.4, -0.2) is 29.6 Å². The molecule has 0 aliphatic heterocycles. The number of carbonyl (C=O) groups is 1. The number of rotatable bonds is 5. The van der Waals surface area contributed by atoms with Gasteiger partial charge in [0.15, 0.2) is 0 Å². The van der Waals surface area contributed by atoms with E-state index < -0.39 is 28.7 Å². The number of aliphatic hydroxyl groups is 1. The lowest BCUT2D eigenvalue weighted by Crippen LogP contribution is -2.21. The number of nitrogens with two attached hydrogens (primary N) is 1. The third kappa shape index (κ3) is 3.55. The topological polar surface area (TPSA) is 112 Å². The Hall–Kier alpha value is -2.03. The molecule has 1 heterocycles. The normalized spacial score (nSPS) is 11.7. The van der Waals surface area contributed by atoms with E-state index in [0.717, 1.165) is 10.2 Å². The summed E-state index contributed by atoms with van der Waals surface area (Å²) in [5.41, 5.74) is 5.75. The van der Waals surface area contributed by atoms with Crippen LogP contribution in [0.15, 0.2) is 35.4 Å². The summed E-state index contributed by atoms with van der Waals surface area (Å²) in [6.45, 7) is 2.85. The van der Waals surface area contributed by atoms with Crippen molar-refractivity contribution in [2.75, 3.05) is 5.73 Å². The number of hydrogen-bond acceptors (Lipinski definition) is 6. The van der Waals surface area contributed by atoms with E-state index in [1.54, 1.807) is 13.8 Å². The Morgan fingerprint density at radius 3 is 2.62 bits per heavy atom. The average Bonchev–Trinajstić information content (AvgIpc) is 2.94. The van der Waals surface area contributed by atoms with E-state index >= 15 is 0 Å². The Labute approximate surface area is 144 Å². The lowest BCUT2D eigenvalue weighted by Gasteiger charge is -2.13. The van der Waals surface area contributed by atoms with Crippen molar-refractivity contribution < 1.29 is 23.1 Å². The molecule has 9 heteroatoms. The number of esters is 1. The molecule has 0 spiro atoms. The predicted octanol–water partition coefficient (Wildman–Crippen LogP) is 2.02. The molecule has 1 aromatic carbocycles. The molecule has 1 aromatic heterocycles. The molecule has 0 unspecified atom stereocenters. The van der Waals surface area contributed by atoms with Crippen LogP contribution in [0.5, 0.6) is 0 Å². The van der Waals surface area contributed by atoms with Crippen LogP contribution in [0.25, 0.3) is 0 Å². The summed E-state index contributed by atoms with van der Waals surface area (Å²) in [7, 11) is -4.20. The zero-order chi connectivity index (χ0) is 18.1. The number of hydrogen-bond donors (Lipinski definition) is 2. The van der Waals surface area contributed by atoms with E-state index in [9.17, 15) is 18.3 Å². The second-order valence-electron chi connectivity index (χ2n) is 5.33. The fraction of sp³-hybridized carbons (Fsp3) is 0.267. The van der Waals surface area contributed by atoms with E-state index in [-0.39, 0.29) is 26.9 Å². The van der Waals surface area contributed by atoms with E-state index in [4.69, 9.17) is 22.1 Å². The number of anilines is 1. The highest BCUT2D eigenvalue weighted by Crippen LogP contribution is 2.27. The molecule has 7 nitrogen and oxygen atoms in total. The Kier molecular flexibility index (Phi) is 5.22. The van der Waals surface area contributed by atoms with Gasteiger partial charge in [-0.2, -0.15) is 0 Å². The van der Waals surface area contributed by atoms with Gasteiger partial charge in [0.1, 0.15) is 10.6 Å². The quantitative estimate of drug-likeness (QED) is 0.613. The molecule has 130 valence electrons. The van der Waals surface area contributed by atoms with Gasteiger partial charge in [0.05, 0.1) is 18.4 Å². The maximum atomic E-state index is 12.9. The fourth-order valence-electron chi connectivity index (χ4n) is 2.04. The highest BCUT2D eigenvalue weighted by atomic mass is 35.5. The molecule has 2 aromatic rings. The molecule has 0 radical (unpaired) electrons. The molecule has 0 saturated carbocycles. The SMILES string of the molecule is CC(C)OC(=O)c1cc(CO)cn1S(=O)(=O)c1cc(Cl)ccc1N. The lowest BCUT2D eigenvalue weighted by atomic mass is 10.3. The average molecular weight is 373 g/mol. The summed E-state index contributed by atoms with van der Waals surface area (Å²) in [6, 6.07) is 5.27. The number of aliphatic hydroxyl groups excluding tert-OH is 1. The van der Waals surface area contributed by atoms with Crippen LogP contribution in [0.1, 0.15) is 29.9 Å². The molecule has 0 atom stereocenters. The van der Waals surface area contributed by atoms with Gasteiger partial charge >= 0.3 is 5.97 Å². The summed E-state index contributed by atoms with van der Waals surface area (Å²) < 4.78 is 31.6. The van der Waals surface area contributed by atoms with Crippen LogP contribution >= 0.6 is 11.6 Å². The van der Waals surface area contributed by atoms with Crippen molar-refractivity contribution in [3.05, 3.63) is 46.7 Å². The van der Waals surface area contributed by atoms with Gasteiger partial charge in [-0.05, 0) is 43.7 Å². The number of aromatic nitrogens is 1. The maximum absolute atomic E-state index is 12.9. The van der Waals surface area contributed by atoms with Crippen molar-refractivity contribution in [1.82, 2.24) is 3.97 Å². The van der Waals surface area contributed by atoms with Gasteiger partial charge in [0.25, 0.3) is 10.0 Å². The molecule has 3 N–H and O–H groups in total. The van der Waals surface area contributed by atoms with Gasteiger partial charge in [-0.15, -0.1) is 0 Å². The zero-order valence-corrected chi connectivity index (χ0v) is 14.6. The lowest BCUT2D eigenvalue weighted by molar-refractivity contribution is 0.0369. The summed E-state index contributed by atoms with van der Waals surface area (Å²) in [6.07, 6.45) is 0.712. The van der Waals surface area contributed by atoms with Crippen molar-refractivity contribution in [2.24, 2.45) is 0 Å². The number of halogens is 1. The Morgan fingerprint density at radius 1 is 1.38 bits per heavy atom. The van der Waals surface area contributed by atoms with Gasteiger partial charge in [0, 0.05) is 11.2 Å². The summed E-state index contributed by atoms with van der Waals surface area (Å²) in [5.74, 6) is -0.825. The smallest absolute Gasteiger partial charge is 0.356 e. The summed E-state index contributed by atoms with van der Waals surface area (Å²) in [4.78, 5) is 11.9. The van der Waals surface area contributed by atoms with E-state index in [2.05, 4.69) is 0 Å². The van der Waals surface area contributed by atoms with Crippen LogP contribution in [-0.2, 0) is 21.4 Å². The standard InChI is InChI=1S/C15H17ClN2O5S/c1-9(2)23-15(20)13-5-10(8-19)7-18(13)24(21,22)14-6-11(16)3-4-12(14)17/h3-7,9,19H,8,17H2,1-2H3. The Bertz CT molecular complexity index is 874. The van der Waals surface area contributed by atoms with E-state index in [1.165, 1.54) is 24.3 Å². The molecular formula is C15H17ClN2O5S. The Balaban J connectivity index is 2.64. The summed E-state index contributed by atoms with van der Waals surface area (Å²) >= 11 is 5.85. The molecule has 2 rings (SSSR count). The van der Waals surface area contributed by atoms with Crippen molar-refractivity contribution in [2.45, 2.75) is 31.5 Å². The molecule has 0 aliphatic carbocycles. The third-order valence-electron chi connectivity index (χ3n) is 3.09. The molecule has 0 bridgehead atoms. The predicted molar refractivity (Wildman–Crippen MR) is 89.4 cm³/mol. The molecule has 24 heavy (non-hydrogen) atoms. The van der Waals surface area contributed by atoms with Gasteiger partial charge < -0.3 is 15.6 Å². The maximum Gasteiger partial charge on any atom is 0.356 e. The number of nitrogen functional groups attached to an aromatic ring is 1. The molecule has 0 fully saturated rings. The number of nitrogens with zero attached hydrogens (tertiary/aromatic N) is 1. The van der Waals surface area contributed by atoms with Gasteiger partial charge in [-0.25, -0.2) is 17.2 Å². The second-order valence-corrected chi connectivity index (χ2v) is 7.55. The fourth-order valence-corrected chi connectivity index (χ4v) is 3.79. The van der Waals surface area contributed by atoms with Gasteiger partial charge in [-0.1, -0.05) is 11.6 Å².